The average Bonchev–Trinajstić information content (AvgIpc) is 2.44. The Kier molecular flexibility index (Phi) is 11.0. The molecule has 0 aromatic rings. The number of carbonyl (C=O) groups is 2. The highest BCUT2D eigenvalue weighted by Gasteiger charge is 2.37. The number of ether oxygens (including phenoxy) is 2. The van der Waals surface area contributed by atoms with Crippen molar-refractivity contribution in [2.75, 3.05) is 32.8 Å². The minimum atomic E-state index is -2.03. The van der Waals surface area contributed by atoms with E-state index in [0.29, 0.717) is 6.61 Å². The summed E-state index contributed by atoms with van der Waals surface area (Å²) in [6, 6.07) is -0.674. The van der Waals surface area contributed by atoms with Crippen molar-refractivity contribution in [1.29, 1.82) is 0 Å². The van der Waals surface area contributed by atoms with Gasteiger partial charge >= 0.3 is 20.0 Å². The van der Waals surface area contributed by atoms with E-state index in [1.807, 2.05) is 0 Å². The number of nitrogens with zero attached hydrogens (tertiary/aromatic N) is 1. The molecule has 0 bridgehead atoms. The number of esters is 2. The van der Waals surface area contributed by atoms with E-state index in [4.69, 9.17) is 15.2 Å². The molecule has 0 spiro atoms. The third kappa shape index (κ3) is 8.06. The molecule has 0 heterocycles. The van der Waals surface area contributed by atoms with Gasteiger partial charge in [-0.15, -0.1) is 0 Å². The highest BCUT2D eigenvalue weighted by Crippen LogP contribution is 2.25. The van der Waals surface area contributed by atoms with Crippen LogP contribution in [0.4, 0.5) is 0 Å². The molecule has 8 nitrogen and oxygen atoms in total. The molecule has 3 N–H and O–H groups in total. The predicted octanol–water partition coefficient (Wildman–Crippen LogP) is 0.399. The van der Waals surface area contributed by atoms with Crippen LogP contribution in [-0.2, 0) is 23.6 Å². The monoisotopic (exact) mass is 322 g/mol. The van der Waals surface area contributed by atoms with Gasteiger partial charge in [-0.05, 0) is 25.3 Å². The summed E-state index contributed by atoms with van der Waals surface area (Å²) >= 11 is 0. The first-order valence-electron chi connectivity index (χ1n) is 6.97. The molecule has 21 heavy (non-hydrogen) atoms. The maximum Gasteiger partial charge on any atom is 0.535 e. The van der Waals surface area contributed by atoms with Crippen LogP contribution in [0.1, 0.15) is 27.2 Å². The minimum absolute atomic E-state index is 0.110. The fraction of sp³-hybridized carbons (Fsp3) is 0.833. The van der Waals surface area contributed by atoms with Gasteiger partial charge in [0, 0.05) is 6.54 Å². The van der Waals surface area contributed by atoms with Crippen LogP contribution < -0.4 is 10.8 Å². The summed E-state index contributed by atoms with van der Waals surface area (Å²) in [6.45, 7) is 6.33. The lowest BCUT2D eigenvalue weighted by atomic mass is 10.3. The lowest BCUT2D eigenvalue weighted by molar-refractivity contribution is -0.147. The zero-order valence-electron chi connectivity index (χ0n) is 12.8. The molecule has 0 radical (unpaired) electrons. The molecule has 122 valence electrons. The Balaban J connectivity index is 4.41. The molecule has 0 saturated carbocycles. The van der Waals surface area contributed by atoms with Gasteiger partial charge in [-0.3, -0.25) is 9.59 Å². The SMILES string of the molecule is CCOC(=O)CCN[P+](=O)N(CCN)C(C)C(=O)OCC. The van der Waals surface area contributed by atoms with Crippen molar-refractivity contribution in [1.82, 2.24) is 9.76 Å². The quantitative estimate of drug-likeness (QED) is 0.415. The number of nitrogens with two attached hydrogens (primary N) is 1. The summed E-state index contributed by atoms with van der Waals surface area (Å²) in [4.78, 5) is 22.9. The first-order chi connectivity index (χ1) is 9.97. The topological polar surface area (TPSA) is 111 Å². The molecule has 0 aliphatic heterocycles. The Morgan fingerprint density at radius 3 is 2.43 bits per heavy atom. The Morgan fingerprint density at radius 1 is 1.29 bits per heavy atom. The van der Waals surface area contributed by atoms with Crippen LogP contribution in [0.5, 0.6) is 0 Å². The summed E-state index contributed by atoms with van der Waals surface area (Å²) in [5.41, 5.74) is 5.47. The first-order valence-corrected chi connectivity index (χ1v) is 8.18. The van der Waals surface area contributed by atoms with E-state index >= 15 is 0 Å². The molecule has 9 heteroatoms. The maximum absolute atomic E-state index is 12.2. The Hall–Kier alpha value is -1.08. The van der Waals surface area contributed by atoms with E-state index in [2.05, 4.69) is 5.09 Å². The average molecular weight is 322 g/mol. The number of carbonyl (C=O) groups excluding carboxylic acids is 2. The van der Waals surface area contributed by atoms with Gasteiger partial charge in [-0.25, -0.2) is 0 Å². The van der Waals surface area contributed by atoms with Gasteiger partial charge in [0.25, 0.3) is 0 Å². The van der Waals surface area contributed by atoms with Crippen LogP contribution >= 0.6 is 8.10 Å². The predicted molar refractivity (Wildman–Crippen MR) is 78.7 cm³/mol. The molecule has 0 saturated heterocycles. The summed E-state index contributed by atoms with van der Waals surface area (Å²) in [5, 5.41) is 2.71. The minimum Gasteiger partial charge on any atom is -0.466 e. The molecule has 0 fully saturated rings. The van der Waals surface area contributed by atoms with E-state index in [-0.39, 0.29) is 38.6 Å². The van der Waals surface area contributed by atoms with E-state index in [9.17, 15) is 14.2 Å². The summed E-state index contributed by atoms with van der Waals surface area (Å²) < 4.78 is 23.3. The molecule has 0 aliphatic rings. The Bertz CT molecular complexity index is 354. The van der Waals surface area contributed by atoms with Crippen molar-refractivity contribution in [3.63, 3.8) is 0 Å². The van der Waals surface area contributed by atoms with Crippen LogP contribution in [0.2, 0.25) is 0 Å². The molecule has 0 aliphatic carbocycles. The third-order valence-electron chi connectivity index (χ3n) is 2.55. The fourth-order valence-electron chi connectivity index (χ4n) is 1.54. The Morgan fingerprint density at radius 2 is 1.90 bits per heavy atom. The van der Waals surface area contributed by atoms with Crippen LogP contribution in [0, 0.1) is 0 Å². The van der Waals surface area contributed by atoms with Crippen molar-refractivity contribution in [2.45, 2.75) is 33.2 Å². The highest BCUT2D eigenvalue weighted by atomic mass is 31.1. The van der Waals surface area contributed by atoms with Crippen molar-refractivity contribution in [3.8, 4) is 0 Å². The molecular formula is C12H25N3O5P+. The molecule has 2 unspecified atom stereocenters. The van der Waals surface area contributed by atoms with Gasteiger partial charge in [0.15, 0.2) is 6.04 Å². The van der Waals surface area contributed by atoms with Gasteiger partial charge in [0.1, 0.15) is 0 Å². The number of rotatable bonds is 11. The zero-order chi connectivity index (χ0) is 16.3. The van der Waals surface area contributed by atoms with Crippen LogP contribution in [0.15, 0.2) is 0 Å². The lowest BCUT2D eigenvalue weighted by Gasteiger charge is -2.16. The zero-order valence-corrected chi connectivity index (χ0v) is 13.7. The summed E-state index contributed by atoms with van der Waals surface area (Å²) in [5.74, 6) is -0.821. The molecule has 0 aromatic carbocycles. The number of hydrogen-bond acceptors (Lipinski definition) is 6. The molecular weight excluding hydrogens is 297 g/mol. The highest BCUT2D eigenvalue weighted by molar-refractivity contribution is 7.39. The van der Waals surface area contributed by atoms with Crippen molar-refractivity contribution in [2.24, 2.45) is 5.73 Å². The molecule has 0 aromatic heterocycles. The molecule has 0 rings (SSSR count). The second kappa shape index (κ2) is 11.6. The normalized spacial score (nSPS) is 12.9. The van der Waals surface area contributed by atoms with Gasteiger partial charge in [0.05, 0.1) is 32.7 Å². The van der Waals surface area contributed by atoms with E-state index in [1.165, 1.54) is 4.67 Å². The van der Waals surface area contributed by atoms with Gasteiger partial charge in [-0.1, -0.05) is 9.76 Å². The second-order valence-corrected chi connectivity index (χ2v) is 5.49. The van der Waals surface area contributed by atoms with E-state index < -0.39 is 20.1 Å². The standard InChI is InChI=1S/C12H25N3O5P/c1-4-19-11(16)6-8-14-21(18)15(9-7-13)10(3)12(17)20-5-2/h10H,4-9,13H2,1-3H3,(H,14,18)/q+1. The van der Waals surface area contributed by atoms with Crippen LogP contribution in [-0.4, -0.2) is 55.5 Å². The number of nitrogens with one attached hydrogen (secondary N) is 1. The smallest absolute Gasteiger partial charge is 0.466 e. The largest absolute Gasteiger partial charge is 0.535 e. The van der Waals surface area contributed by atoms with Gasteiger partial charge in [0.2, 0.25) is 0 Å². The molecule has 2 atom stereocenters. The Labute approximate surface area is 126 Å². The van der Waals surface area contributed by atoms with Gasteiger partial charge in [-0.2, -0.15) is 0 Å². The lowest BCUT2D eigenvalue weighted by Crippen LogP contribution is -2.40. The van der Waals surface area contributed by atoms with Crippen LogP contribution in [0.3, 0.4) is 0 Å². The van der Waals surface area contributed by atoms with Crippen molar-refractivity contribution >= 4 is 20.0 Å². The van der Waals surface area contributed by atoms with E-state index in [0.717, 1.165) is 0 Å². The second-order valence-electron chi connectivity index (χ2n) is 4.12. The van der Waals surface area contributed by atoms with E-state index in [1.54, 1.807) is 20.8 Å². The summed E-state index contributed by atoms with van der Waals surface area (Å²) in [7, 11) is -2.03. The number of hydrogen-bond donors (Lipinski definition) is 2. The maximum atomic E-state index is 12.2. The van der Waals surface area contributed by atoms with Crippen molar-refractivity contribution in [3.05, 3.63) is 0 Å². The van der Waals surface area contributed by atoms with Crippen molar-refractivity contribution < 1.29 is 23.6 Å². The first kappa shape index (κ1) is 19.9. The fourth-order valence-corrected chi connectivity index (χ4v) is 2.73. The van der Waals surface area contributed by atoms with Gasteiger partial charge < -0.3 is 15.2 Å². The molecule has 0 amide bonds. The van der Waals surface area contributed by atoms with Crippen LogP contribution in [0.25, 0.3) is 0 Å². The third-order valence-corrected chi connectivity index (χ3v) is 4.05. The summed E-state index contributed by atoms with van der Waals surface area (Å²) in [6.07, 6.45) is 0.110.